The maximum atomic E-state index is 12.3. The number of hydrogen-bond acceptors (Lipinski definition) is 5. The van der Waals surface area contributed by atoms with E-state index in [0.717, 1.165) is 17.0 Å². The molecule has 3 rings (SSSR count). The first-order chi connectivity index (χ1) is 11.2. The summed E-state index contributed by atoms with van der Waals surface area (Å²) in [5.41, 5.74) is 1.58. The minimum Gasteiger partial charge on any atom is -0.379 e. The van der Waals surface area contributed by atoms with Crippen LogP contribution in [0.4, 0.5) is 0 Å². The normalized spacial score (nSPS) is 21.1. The number of carbonyl (C=O) groups is 1. The van der Waals surface area contributed by atoms with E-state index in [1.165, 1.54) is 11.3 Å². The maximum absolute atomic E-state index is 12.3. The van der Waals surface area contributed by atoms with Gasteiger partial charge < -0.3 is 14.8 Å². The topological polar surface area (TPSA) is 60.5 Å². The summed E-state index contributed by atoms with van der Waals surface area (Å²) in [4.78, 5) is 16.5. The molecular formula is C17H20N2O3S. The van der Waals surface area contributed by atoms with Crippen LogP contribution in [0.15, 0.2) is 35.7 Å². The number of hydrogen-bond donors (Lipinski definition) is 1. The molecule has 2 heterocycles. The molecule has 0 saturated carbocycles. The quantitative estimate of drug-likeness (QED) is 0.914. The molecule has 1 aliphatic heterocycles. The van der Waals surface area contributed by atoms with Gasteiger partial charge in [0.1, 0.15) is 11.8 Å². The maximum Gasteiger partial charge on any atom is 0.271 e. The molecule has 1 saturated heterocycles. The molecule has 1 amide bonds. The number of benzene rings is 1. The Hall–Kier alpha value is -1.76. The fourth-order valence-electron chi connectivity index (χ4n) is 2.53. The largest absolute Gasteiger partial charge is 0.379 e. The van der Waals surface area contributed by atoms with Crippen molar-refractivity contribution in [1.29, 1.82) is 0 Å². The van der Waals surface area contributed by atoms with Crippen LogP contribution in [0.25, 0.3) is 0 Å². The summed E-state index contributed by atoms with van der Waals surface area (Å²) in [5, 5.41) is 5.70. The zero-order valence-corrected chi connectivity index (χ0v) is 13.8. The number of nitrogens with zero attached hydrogens (tertiary/aromatic N) is 1. The molecule has 122 valence electrons. The summed E-state index contributed by atoms with van der Waals surface area (Å²) in [6, 6.07) is 9.94. The van der Waals surface area contributed by atoms with Crippen LogP contribution in [0.3, 0.4) is 0 Å². The Labute approximate surface area is 139 Å². The van der Waals surface area contributed by atoms with Crippen LogP contribution in [0.2, 0.25) is 0 Å². The van der Waals surface area contributed by atoms with Crippen molar-refractivity contribution in [3.63, 3.8) is 0 Å². The van der Waals surface area contributed by atoms with Crippen molar-refractivity contribution < 1.29 is 14.3 Å². The summed E-state index contributed by atoms with van der Waals surface area (Å²) in [6.45, 7) is 3.53. The van der Waals surface area contributed by atoms with Gasteiger partial charge in [0.15, 0.2) is 0 Å². The molecule has 23 heavy (non-hydrogen) atoms. The van der Waals surface area contributed by atoms with E-state index in [1.807, 2.05) is 37.3 Å². The SMILES string of the molecule is Cc1nc(C(=O)N[C@@H]2CCOC[C@H]2OCc2ccccc2)cs1. The van der Waals surface area contributed by atoms with Crippen molar-refractivity contribution in [3.05, 3.63) is 52.0 Å². The summed E-state index contributed by atoms with van der Waals surface area (Å²) < 4.78 is 11.5. The molecule has 0 radical (unpaired) electrons. The van der Waals surface area contributed by atoms with Crippen molar-refractivity contribution in [2.24, 2.45) is 0 Å². The van der Waals surface area contributed by atoms with Crippen LogP contribution in [0.5, 0.6) is 0 Å². The van der Waals surface area contributed by atoms with E-state index < -0.39 is 0 Å². The highest BCUT2D eigenvalue weighted by atomic mass is 32.1. The van der Waals surface area contributed by atoms with Crippen LogP contribution in [-0.4, -0.2) is 36.3 Å². The number of rotatable bonds is 5. The van der Waals surface area contributed by atoms with E-state index in [0.29, 0.717) is 25.5 Å². The predicted octanol–water partition coefficient (Wildman–Crippen LogP) is 2.56. The van der Waals surface area contributed by atoms with Crippen LogP contribution in [0.1, 0.15) is 27.5 Å². The molecular weight excluding hydrogens is 312 g/mol. The van der Waals surface area contributed by atoms with Crippen molar-refractivity contribution in [1.82, 2.24) is 10.3 Å². The lowest BCUT2D eigenvalue weighted by Crippen LogP contribution is -2.50. The minimum atomic E-state index is -0.146. The van der Waals surface area contributed by atoms with Gasteiger partial charge in [0.2, 0.25) is 0 Å². The van der Waals surface area contributed by atoms with E-state index in [2.05, 4.69) is 10.3 Å². The van der Waals surface area contributed by atoms with Gasteiger partial charge >= 0.3 is 0 Å². The number of aryl methyl sites for hydroxylation is 1. The van der Waals surface area contributed by atoms with Gasteiger partial charge in [-0.2, -0.15) is 0 Å². The lowest BCUT2D eigenvalue weighted by Gasteiger charge is -2.32. The van der Waals surface area contributed by atoms with Crippen molar-refractivity contribution in [2.45, 2.75) is 32.1 Å². The fourth-order valence-corrected chi connectivity index (χ4v) is 3.12. The first-order valence-electron chi connectivity index (χ1n) is 7.68. The van der Waals surface area contributed by atoms with Crippen LogP contribution < -0.4 is 5.32 Å². The minimum absolute atomic E-state index is 0.0537. The number of nitrogens with one attached hydrogen (secondary N) is 1. The first kappa shape index (κ1) is 16.1. The number of amides is 1. The van der Waals surface area contributed by atoms with E-state index in [-0.39, 0.29) is 18.1 Å². The lowest BCUT2D eigenvalue weighted by atomic mass is 10.1. The summed E-state index contributed by atoms with van der Waals surface area (Å²) in [6.07, 6.45) is 0.599. The third-order valence-electron chi connectivity index (χ3n) is 3.78. The standard InChI is InChI=1S/C17H20N2O3S/c1-12-18-15(11-23-12)17(20)19-14-7-8-21-10-16(14)22-9-13-5-3-2-4-6-13/h2-6,11,14,16H,7-10H2,1H3,(H,19,20)/t14-,16-/m1/s1. The number of aromatic nitrogens is 1. The summed E-state index contributed by atoms with van der Waals surface area (Å²) in [7, 11) is 0. The van der Waals surface area contributed by atoms with Crippen LogP contribution >= 0.6 is 11.3 Å². The van der Waals surface area contributed by atoms with E-state index in [1.54, 1.807) is 5.38 Å². The highest BCUT2D eigenvalue weighted by Gasteiger charge is 2.28. The second-order valence-corrected chi connectivity index (χ2v) is 6.59. The molecule has 0 spiro atoms. The molecule has 1 aromatic heterocycles. The Balaban J connectivity index is 1.58. The highest BCUT2D eigenvalue weighted by Crippen LogP contribution is 2.15. The van der Waals surface area contributed by atoms with E-state index in [9.17, 15) is 4.79 Å². The molecule has 0 unspecified atom stereocenters. The van der Waals surface area contributed by atoms with Gasteiger partial charge in [-0.1, -0.05) is 30.3 Å². The van der Waals surface area contributed by atoms with Gasteiger partial charge in [0.25, 0.3) is 5.91 Å². The molecule has 0 aliphatic carbocycles. The molecule has 1 aromatic carbocycles. The Morgan fingerprint density at radius 2 is 2.26 bits per heavy atom. The van der Waals surface area contributed by atoms with Gasteiger partial charge in [-0.25, -0.2) is 4.98 Å². The van der Waals surface area contributed by atoms with Gasteiger partial charge in [0, 0.05) is 12.0 Å². The summed E-state index contributed by atoms with van der Waals surface area (Å²) in [5.74, 6) is -0.144. The smallest absolute Gasteiger partial charge is 0.271 e. The average Bonchev–Trinajstić information content (AvgIpc) is 3.02. The average molecular weight is 332 g/mol. The zero-order valence-electron chi connectivity index (χ0n) is 13.0. The second kappa shape index (κ2) is 7.68. The van der Waals surface area contributed by atoms with Crippen molar-refractivity contribution in [3.8, 4) is 0 Å². The third-order valence-corrected chi connectivity index (χ3v) is 4.55. The third kappa shape index (κ3) is 4.37. The van der Waals surface area contributed by atoms with Crippen LogP contribution in [0, 0.1) is 6.92 Å². The van der Waals surface area contributed by atoms with Crippen molar-refractivity contribution in [2.75, 3.05) is 13.2 Å². The molecule has 1 fully saturated rings. The highest BCUT2D eigenvalue weighted by molar-refractivity contribution is 7.09. The Morgan fingerprint density at radius 3 is 3.00 bits per heavy atom. The molecule has 5 nitrogen and oxygen atoms in total. The molecule has 1 aliphatic rings. The van der Waals surface area contributed by atoms with Crippen LogP contribution in [-0.2, 0) is 16.1 Å². The predicted molar refractivity (Wildman–Crippen MR) is 88.6 cm³/mol. The second-order valence-electron chi connectivity index (χ2n) is 5.53. The number of thiazole rings is 1. The van der Waals surface area contributed by atoms with Gasteiger partial charge in [0.05, 0.1) is 24.3 Å². The fraction of sp³-hybridized carbons (Fsp3) is 0.412. The molecule has 6 heteroatoms. The van der Waals surface area contributed by atoms with Gasteiger partial charge in [-0.3, -0.25) is 4.79 Å². The van der Waals surface area contributed by atoms with Gasteiger partial charge in [-0.15, -0.1) is 11.3 Å². The lowest BCUT2D eigenvalue weighted by molar-refractivity contribution is -0.0736. The molecule has 0 bridgehead atoms. The Bertz CT molecular complexity index is 644. The molecule has 1 N–H and O–H groups in total. The number of ether oxygens (including phenoxy) is 2. The molecule has 2 aromatic rings. The first-order valence-corrected chi connectivity index (χ1v) is 8.56. The Kier molecular flexibility index (Phi) is 5.38. The van der Waals surface area contributed by atoms with E-state index in [4.69, 9.17) is 9.47 Å². The Morgan fingerprint density at radius 1 is 1.43 bits per heavy atom. The monoisotopic (exact) mass is 332 g/mol. The van der Waals surface area contributed by atoms with E-state index >= 15 is 0 Å². The molecule has 2 atom stereocenters. The van der Waals surface area contributed by atoms with Crippen molar-refractivity contribution >= 4 is 17.2 Å². The zero-order chi connectivity index (χ0) is 16.1. The summed E-state index contributed by atoms with van der Waals surface area (Å²) >= 11 is 1.48. The number of carbonyl (C=O) groups excluding carboxylic acids is 1. The van der Waals surface area contributed by atoms with Gasteiger partial charge in [-0.05, 0) is 18.9 Å².